The standard InChI is InChI=1S/C16H14N4O2/c17-9-12-5-2-1-4-11(12)8-14(15(18)21)20-16(22)13-6-3-7-19-10-13/h1-7,10,14H,8H2,(H2,18,21)(H,20,22)/t14-/m1/s1. The molecule has 0 bridgehead atoms. The summed E-state index contributed by atoms with van der Waals surface area (Å²) in [6, 6.07) is 11.2. The summed E-state index contributed by atoms with van der Waals surface area (Å²) in [6.07, 6.45) is 3.10. The summed E-state index contributed by atoms with van der Waals surface area (Å²) in [5.41, 5.74) is 6.79. The van der Waals surface area contributed by atoms with Crippen LogP contribution < -0.4 is 11.1 Å². The van der Waals surface area contributed by atoms with E-state index in [9.17, 15) is 9.59 Å². The van der Waals surface area contributed by atoms with Crippen molar-refractivity contribution in [1.29, 1.82) is 5.26 Å². The van der Waals surface area contributed by atoms with E-state index in [1.54, 1.807) is 42.6 Å². The fourth-order valence-corrected chi connectivity index (χ4v) is 1.99. The quantitative estimate of drug-likeness (QED) is 0.849. The molecule has 2 amide bonds. The van der Waals surface area contributed by atoms with Crippen molar-refractivity contribution in [2.24, 2.45) is 5.73 Å². The van der Waals surface area contributed by atoms with Crippen LogP contribution in [0.5, 0.6) is 0 Å². The molecule has 0 unspecified atom stereocenters. The smallest absolute Gasteiger partial charge is 0.253 e. The first-order valence-corrected chi connectivity index (χ1v) is 6.60. The number of hydrogen-bond acceptors (Lipinski definition) is 4. The van der Waals surface area contributed by atoms with E-state index in [-0.39, 0.29) is 6.42 Å². The zero-order valence-electron chi connectivity index (χ0n) is 11.7. The number of benzene rings is 1. The van der Waals surface area contributed by atoms with Crippen molar-refractivity contribution < 1.29 is 9.59 Å². The average Bonchev–Trinajstić information content (AvgIpc) is 2.55. The maximum atomic E-state index is 12.1. The molecular weight excluding hydrogens is 280 g/mol. The van der Waals surface area contributed by atoms with E-state index in [1.807, 2.05) is 0 Å². The van der Waals surface area contributed by atoms with Gasteiger partial charge in [-0.1, -0.05) is 18.2 Å². The van der Waals surface area contributed by atoms with Gasteiger partial charge >= 0.3 is 0 Å². The molecule has 2 rings (SSSR count). The Morgan fingerprint density at radius 1 is 1.27 bits per heavy atom. The van der Waals surface area contributed by atoms with Crippen molar-refractivity contribution in [2.75, 3.05) is 0 Å². The number of rotatable bonds is 5. The second-order valence-corrected chi connectivity index (χ2v) is 4.64. The summed E-state index contributed by atoms with van der Waals surface area (Å²) >= 11 is 0. The van der Waals surface area contributed by atoms with Crippen LogP contribution in [0.2, 0.25) is 0 Å². The van der Waals surface area contributed by atoms with Crippen molar-refractivity contribution in [1.82, 2.24) is 10.3 Å². The summed E-state index contributed by atoms with van der Waals surface area (Å²) in [4.78, 5) is 27.5. The number of amides is 2. The molecule has 1 aromatic heterocycles. The van der Waals surface area contributed by atoms with Gasteiger partial charge in [-0.05, 0) is 23.8 Å². The van der Waals surface area contributed by atoms with E-state index in [0.29, 0.717) is 16.7 Å². The Morgan fingerprint density at radius 3 is 2.68 bits per heavy atom. The topological polar surface area (TPSA) is 109 Å². The Labute approximate surface area is 127 Å². The first kappa shape index (κ1) is 15.2. The molecule has 0 spiro atoms. The summed E-state index contributed by atoms with van der Waals surface area (Å²) in [6.45, 7) is 0. The van der Waals surface area contributed by atoms with Crippen molar-refractivity contribution >= 4 is 11.8 Å². The molecule has 6 nitrogen and oxygen atoms in total. The zero-order valence-corrected chi connectivity index (χ0v) is 11.7. The average molecular weight is 294 g/mol. The Bertz CT molecular complexity index is 722. The van der Waals surface area contributed by atoms with Crippen LogP contribution in [0.4, 0.5) is 0 Å². The molecule has 0 aliphatic rings. The second kappa shape index (κ2) is 6.99. The van der Waals surface area contributed by atoms with Gasteiger partial charge in [-0.3, -0.25) is 14.6 Å². The van der Waals surface area contributed by atoms with Crippen LogP contribution in [0.15, 0.2) is 48.8 Å². The van der Waals surface area contributed by atoms with Crippen LogP contribution in [-0.4, -0.2) is 22.8 Å². The van der Waals surface area contributed by atoms with Gasteiger partial charge in [0.25, 0.3) is 5.91 Å². The summed E-state index contributed by atoms with van der Waals surface area (Å²) in [7, 11) is 0. The second-order valence-electron chi connectivity index (χ2n) is 4.64. The van der Waals surface area contributed by atoms with Crippen LogP contribution in [0.1, 0.15) is 21.5 Å². The fourth-order valence-electron chi connectivity index (χ4n) is 1.99. The van der Waals surface area contributed by atoms with Crippen molar-refractivity contribution in [3.8, 4) is 6.07 Å². The molecule has 110 valence electrons. The van der Waals surface area contributed by atoms with Crippen molar-refractivity contribution in [3.05, 3.63) is 65.5 Å². The van der Waals surface area contributed by atoms with Gasteiger partial charge in [0.15, 0.2) is 0 Å². The number of aromatic nitrogens is 1. The first-order valence-electron chi connectivity index (χ1n) is 6.60. The molecule has 6 heteroatoms. The van der Waals surface area contributed by atoms with Crippen molar-refractivity contribution in [3.63, 3.8) is 0 Å². The first-order chi connectivity index (χ1) is 10.6. The predicted octanol–water partition coefficient (Wildman–Crippen LogP) is 0.780. The molecule has 0 fully saturated rings. The molecule has 2 aromatic rings. The van der Waals surface area contributed by atoms with Gasteiger partial charge in [-0.25, -0.2) is 0 Å². The lowest BCUT2D eigenvalue weighted by molar-refractivity contribution is -0.119. The molecule has 0 saturated heterocycles. The number of nitrogens with one attached hydrogen (secondary N) is 1. The number of carbonyl (C=O) groups is 2. The van der Waals surface area contributed by atoms with Crippen molar-refractivity contribution in [2.45, 2.75) is 12.5 Å². The summed E-state index contributed by atoms with van der Waals surface area (Å²) < 4.78 is 0. The van der Waals surface area contributed by atoms with E-state index >= 15 is 0 Å². The van der Waals surface area contributed by atoms with Crippen LogP contribution in [0.25, 0.3) is 0 Å². The molecule has 1 aromatic carbocycles. The van der Waals surface area contributed by atoms with Gasteiger partial charge in [-0.2, -0.15) is 5.26 Å². The third kappa shape index (κ3) is 3.67. The summed E-state index contributed by atoms with van der Waals surface area (Å²) in [5.74, 6) is -1.10. The predicted molar refractivity (Wildman–Crippen MR) is 79.5 cm³/mol. The minimum Gasteiger partial charge on any atom is -0.368 e. The number of nitrogens with two attached hydrogens (primary N) is 1. The van der Waals surface area contributed by atoms with Gasteiger partial charge in [0.05, 0.1) is 17.2 Å². The third-order valence-electron chi connectivity index (χ3n) is 3.13. The molecule has 0 aliphatic heterocycles. The minimum absolute atomic E-state index is 0.158. The third-order valence-corrected chi connectivity index (χ3v) is 3.13. The van der Waals surface area contributed by atoms with Crippen LogP contribution >= 0.6 is 0 Å². The minimum atomic E-state index is -0.901. The Balaban J connectivity index is 2.16. The van der Waals surface area contributed by atoms with E-state index in [1.165, 1.54) is 6.20 Å². The summed E-state index contributed by atoms with van der Waals surface area (Å²) in [5, 5.41) is 11.6. The maximum absolute atomic E-state index is 12.1. The molecule has 3 N–H and O–H groups in total. The lowest BCUT2D eigenvalue weighted by Gasteiger charge is -2.16. The largest absolute Gasteiger partial charge is 0.368 e. The Hall–Kier alpha value is -3.20. The maximum Gasteiger partial charge on any atom is 0.253 e. The van der Waals surface area contributed by atoms with Crippen LogP contribution in [-0.2, 0) is 11.2 Å². The molecule has 0 radical (unpaired) electrons. The monoisotopic (exact) mass is 294 g/mol. The highest BCUT2D eigenvalue weighted by atomic mass is 16.2. The molecule has 1 atom stereocenters. The highest BCUT2D eigenvalue weighted by Gasteiger charge is 2.20. The van der Waals surface area contributed by atoms with Gasteiger partial charge in [-0.15, -0.1) is 0 Å². The van der Waals surface area contributed by atoms with Crippen LogP contribution in [0, 0.1) is 11.3 Å². The molecular formula is C16H14N4O2. The zero-order chi connectivity index (χ0) is 15.9. The number of hydrogen-bond donors (Lipinski definition) is 2. The van der Waals surface area contributed by atoms with Gasteiger partial charge in [0, 0.05) is 18.8 Å². The molecule has 22 heavy (non-hydrogen) atoms. The van der Waals surface area contributed by atoms with Gasteiger partial charge in [0.1, 0.15) is 6.04 Å². The van der Waals surface area contributed by atoms with Crippen LogP contribution in [0.3, 0.4) is 0 Å². The van der Waals surface area contributed by atoms with Gasteiger partial charge < -0.3 is 11.1 Å². The lowest BCUT2D eigenvalue weighted by atomic mass is 10.0. The molecule has 1 heterocycles. The number of carbonyl (C=O) groups excluding carboxylic acids is 2. The molecule has 0 saturated carbocycles. The number of nitriles is 1. The highest BCUT2D eigenvalue weighted by molar-refractivity contribution is 5.97. The van der Waals surface area contributed by atoms with E-state index < -0.39 is 17.9 Å². The van der Waals surface area contributed by atoms with E-state index in [0.717, 1.165) is 0 Å². The van der Waals surface area contributed by atoms with E-state index in [4.69, 9.17) is 11.0 Å². The van der Waals surface area contributed by atoms with Gasteiger partial charge in [0.2, 0.25) is 5.91 Å². The lowest BCUT2D eigenvalue weighted by Crippen LogP contribution is -2.46. The fraction of sp³-hybridized carbons (Fsp3) is 0.125. The Morgan fingerprint density at radius 2 is 2.05 bits per heavy atom. The Kier molecular flexibility index (Phi) is 4.83. The molecule has 0 aliphatic carbocycles. The number of primary amides is 1. The van der Waals surface area contributed by atoms with E-state index in [2.05, 4.69) is 16.4 Å². The normalized spacial score (nSPS) is 11.2. The number of pyridine rings is 1. The number of nitrogens with zero attached hydrogens (tertiary/aromatic N) is 2. The SMILES string of the molecule is N#Cc1ccccc1C[C@@H](NC(=O)c1cccnc1)C(N)=O. The highest BCUT2D eigenvalue weighted by Crippen LogP contribution is 2.10.